The van der Waals surface area contributed by atoms with Crippen molar-refractivity contribution in [1.29, 1.82) is 0 Å². The molecular weight excluding hydrogens is 264 g/mol. The van der Waals surface area contributed by atoms with E-state index in [1.807, 2.05) is 7.05 Å². The van der Waals surface area contributed by atoms with Crippen LogP contribution < -0.4 is 10.0 Å². The van der Waals surface area contributed by atoms with Crippen LogP contribution in [0.1, 0.15) is 6.42 Å². The molecule has 0 saturated carbocycles. The Bertz CT molecular complexity index is 532. The van der Waals surface area contributed by atoms with E-state index in [2.05, 4.69) is 19.9 Å². The molecule has 0 amide bonds. The van der Waals surface area contributed by atoms with Gasteiger partial charge >= 0.3 is 0 Å². The molecule has 1 unspecified atom stereocenters. The second-order valence-electron chi connectivity index (χ2n) is 4.87. The third-order valence-corrected chi connectivity index (χ3v) is 4.73. The molecule has 2 N–H and O–H groups in total. The molecule has 0 aromatic carbocycles. The van der Waals surface area contributed by atoms with E-state index in [0.717, 1.165) is 19.5 Å². The summed E-state index contributed by atoms with van der Waals surface area (Å²) in [5, 5.41) is 2.91. The van der Waals surface area contributed by atoms with Crippen molar-refractivity contribution >= 4 is 15.7 Å². The molecule has 0 aliphatic carbocycles. The number of aromatic nitrogens is 1. The maximum absolute atomic E-state index is 12.2. The van der Waals surface area contributed by atoms with Gasteiger partial charge in [-0.05, 0) is 38.1 Å². The molecule has 0 bridgehead atoms. The van der Waals surface area contributed by atoms with Crippen LogP contribution in [0.4, 0.5) is 5.69 Å². The molecule has 1 atom stereocenters. The molecule has 19 heavy (non-hydrogen) atoms. The number of rotatable bonds is 5. The second-order valence-corrected chi connectivity index (χ2v) is 6.56. The first-order valence-electron chi connectivity index (χ1n) is 6.34. The molecule has 0 spiro atoms. The lowest BCUT2D eigenvalue weighted by molar-refractivity contribution is 0.394. The zero-order valence-corrected chi connectivity index (χ0v) is 12.1. The maximum atomic E-state index is 12.2. The van der Waals surface area contributed by atoms with Crippen molar-refractivity contribution < 1.29 is 8.42 Å². The summed E-state index contributed by atoms with van der Waals surface area (Å²) in [6, 6.07) is 3.40. The zero-order valence-electron chi connectivity index (χ0n) is 11.3. The summed E-state index contributed by atoms with van der Waals surface area (Å²) in [7, 11) is 0.180. The van der Waals surface area contributed by atoms with Crippen molar-refractivity contribution in [2.75, 3.05) is 39.0 Å². The Morgan fingerprint density at radius 1 is 1.53 bits per heavy atom. The van der Waals surface area contributed by atoms with E-state index >= 15 is 0 Å². The van der Waals surface area contributed by atoms with Crippen molar-refractivity contribution in [3.63, 3.8) is 0 Å². The molecule has 1 aromatic heterocycles. The Hall–Kier alpha value is -1.18. The highest BCUT2D eigenvalue weighted by Gasteiger charge is 2.24. The summed E-state index contributed by atoms with van der Waals surface area (Å²) in [4.78, 5) is 6.17. The predicted molar refractivity (Wildman–Crippen MR) is 74.6 cm³/mol. The van der Waals surface area contributed by atoms with Gasteiger partial charge < -0.3 is 10.2 Å². The van der Waals surface area contributed by atoms with Crippen LogP contribution >= 0.6 is 0 Å². The molecule has 7 heteroatoms. The average Bonchev–Trinajstić information content (AvgIpc) is 2.82. The van der Waals surface area contributed by atoms with E-state index in [-0.39, 0.29) is 5.03 Å². The summed E-state index contributed by atoms with van der Waals surface area (Å²) in [5.74, 6) is 0.376. The first-order chi connectivity index (χ1) is 9.03. The quantitative estimate of drug-likeness (QED) is 0.816. The number of nitrogens with one attached hydrogen (secondary N) is 2. The lowest BCUT2D eigenvalue weighted by Crippen LogP contribution is -2.31. The molecule has 2 rings (SSSR count). The van der Waals surface area contributed by atoms with E-state index in [0.29, 0.717) is 18.2 Å². The Morgan fingerprint density at radius 3 is 2.95 bits per heavy atom. The fourth-order valence-electron chi connectivity index (χ4n) is 2.28. The first kappa shape index (κ1) is 14.2. The van der Waals surface area contributed by atoms with E-state index < -0.39 is 10.0 Å². The first-order valence-corrected chi connectivity index (χ1v) is 7.82. The van der Waals surface area contributed by atoms with Gasteiger partial charge in [-0.1, -0.05) is 0 Å². The molecule has 1 aliphatic heterocycles. The van der Waals surface area contributed by atoms with E-state index in [1.165, 1.54) is 6.20 Å². The van der Waals surface area contributed by atoms with Crippen LogP contribution in [-0.2, 0) is 10.0 Å². The van der Waals surface area contributed by atoms with Gasteiger partial charge in [-0.2, -0.15) is 0 Å². The highest BCUT2D eigenvalue weighted by Crippen LogP contribution is 2.18. The minimum Gasteiger partial charge on any atom is -0.386 e. The number of hydrogen-bond donors (Lipinski definition) is 2. The zero-order chi connectivity index (χ0) is 13.9. The molecule has 106 valence electrons. The van der Waals surface area contributed by atoms with E-state index in [4.69, 9.17) is 0 Å². The molecule has 0 radical (unpaired) electrons. The largest absolute Gasteiger partial charge is 0.386 e. The van der Waals surface area contributed by atoms with Crippen LogP contribution in [-0.4, -0.2) is 52.0 Å². The lowest BCUT2D eigenvalue weighted by Gasteiger charge is -2.13. The Labute approximate surface area is 114 Å². The van der Waals surface area contributed by atoms with Crippen LogP contribution in [0.3, 0.4) is 0 Å². The van der Waals surface area contributed by atoms with E-state index in [1.54, 1.807) is 19.2 Å². The smallest absolute Gasteiger partial charge is 0.260 e. The normalized spacial score (nSPS) is 20.6. The molecule has 1 saturated heterocycles. The number of nitrogens with zero attached hydrogens (tertiary/aromatic N) is 2. The number of pyridine rings is 1. The van der Waals surface area contributed by atoms with Gasteiger partial charge in [0, 0.05) is 26.3 Å². The average molecular weight is 284 g/mol. The van der Waals surface area contributed by atoms with Crippen LogP contribution in [0.15, 0.2) is 23.4 Å². The van der Waals surface area contributed by atoms with Gasteiger partial charge in [0.15, 0.2) is 5.03 Å². The van der Waals surface area contributed by atoms with Crippen LogP contribution in [0, 0.1) is 5.92 Å². The minimum atomic E-state index is -3.55. The van der Waals surface area contributed by atoms with Gasteiger partial charge in [-0.3, -0.25) is 0 Å². The number of anilines is 1. The number of hydrogen-bond acceptors (Lipinski definition) is 5. The fourth-order valence-corrected chi connectivity index (χ4v) is 3.54. The van der Waals surface area contributed by atoms with Crippen LogP contribution in [0.5, 0.6) is 0 Å². The van der Waals surface area contributed by atoms with Gasteiger partial charge in [0.1, 0.15) is 0 Å². The molecule has 1 fully saturated rings. The van der Waals surface area contributed by atoms with Gasteiger partial charge in [-0.25, -0.2) is 18.1 Å². The van der Waals surface area contributed by atoms with Crippen molar-refractivity contribution in [3.05, 3.63) is 18.3 Å². The molecule has 2 heterocycles. The Balaban J connectivity index is 2.06. The maximum Gasteiger partial charge on any atom is 0.260 e. The molecular formula is C12H20N4O2S. The molecule has 1 aromatic rings. The molecule has 1 aliphatic rings. The standard InChI is InChI=1S/C12H20N4O2S/c1-13-11-4-3-6-14-12(11)19(17,18)15-8-10-5-7-16(2)9-10/h3-4,6,10,13,15H,5,7-9H2,1-2H3. The Morgan fingerprint density at radius 2 is 2.32 bits per heavy atom. The molecule has 6 nitrogen and oxygen atoms in total. The van der Waals surface area contributed by atoms with E-state index in [9.17, 15) is 8.42 Å². The minimum absolute atomic E-state index is 0.0591. The van der Waals surface area contributed by atoms with Gasteiger partial charge in [0.2, 0.25) is 0 Å². The number of likely N-dealkylation sites (tertiary alicyclic amines) is 1. The lowest BCUT2D eigenvalue weighted by atomic mass is 10.1. The summed E-state index contributed by atoms with van der Waals surface area (Å²) in [5.41, 5.74) is 0.513. The summed E-state index contributed by atoms with van der Waals surface area (Å²) in [6.45, 7) is 2.42. The van der Waals surface area contributed by atoms with Crippen LogP contribution in [0.25, 0.3) is 0 Å². The predicted octanol–water partition coefficient (Wildman–Crippen LogP) is 0.353. The Kier molecular flexibility index (Phi) is 4.38. The highest BCUT2D eigenvalue weighted by atomic mass is 32.2. The van der Waals surface area contributed by atoms with Gasteiger partial charge in [-0.15, -0.1) is 0 Å². The summed E-state index contributed by atoms with van der Waals surface area (Å²) < 4.78 is 27.1. The van der Waals surface area contributed by atoms with Crippen molar-refractivity contribution in [1.82, 2.24) is 14.6 Å². The summed E-state index contributed by atoms with van der Waals surface area (Å²) in [6.07, 6.45) is 2.51. The van der Waals surface area contributed by atoms with Gasteiger partial charge in [0.25, 0.3) is 10.0 Å². The highest BCUT2D eigenvalue weighted by molar-refractivity contribution is 7.89. The third-order valence-electron chi connectivity index (χ3n) is 3.35. The van der Waals surface area contributed by atoms with Crippen molar-refractivity contribution in [3.8, 4) is 0 Å². The van der Waals surface area contributed by atoms with Crippen molar-refractivity contribution in [2.45, 2.75) is 11.4 Å². The summed E-state index contributed by atoms with van der Waals surface area (Å²) >= 11 is 0. The fraction of sp³-hybridized carbons (Fsp3) is 0.583. The van der Waals surface area contributed by atoms with Gasteiger partial charge in [0.05, 0.1) is 5.69 Å². The van der Waals surface area contributed by atoms with Crippen LogP contribution in [0.2, 0.25) is 0 Å². The SMILES string of the molecule is CNc1cccnc1S(=O)(=O)NCC1CCN(C)C1. The van der Waals surface area contributed by atoms with Crippen molar-refractivity contribution in [2.24, 2.45) is 5.92 Å². The second kappa shape index (κ2) is 5.85. The number of sulfonamides is 1. The third kappa shape index (κ3) is 3.43. The monoisotopic (exact) mass is 284 g/mol. The topological polar surface area (TPSA) is 74.3 Å².